The fourth-order valence-corrected chi connectivity index (χ4v) is 14.7. The molecule has 0 bridgehead atoms. The number of halogens is 1. The van der Waals surface area contributed by atoms with Crippen LogP contribution in [0.4, 0.5) is 0 Å². The molecule has 0 saturated carbocycles. The van der Waals surface area contributed by atoms with Crippen molar-refractivity contribution >= 4 is 81.6 Å². The molecule has 0 fully saturated rings. The first-order valence-corrected chi connectivity index (χ1v) is 25.4. The predicted molar refractivity (Wildman–Crippen MR) is 265 cm³/mol. The van der Waals surface area contributed by atoms with Gasteiger partial charge in [0.25, 0.3) is 0 Å². The van der Waals surface area contributed by atoms with E-state index in [0.717, 1.165) is 0 Å². The zero-order valence-corrected chi connectivity index (χ0v) is 37.4. The van der Waals surface area contributed by atoms with Crippen LogP contribution < -0.4 is 47.7 Å². The molecule has 0 spiro atoms. The van der Waals surface area contributed by atoms with E-state index < -0.39 is 23.8 Å². The summed E-state index contributed by atoms with van der Waals surface area (Å²) >= 11 is 3.66. The van der Waals surface area contributed by atoms with Gasteiger partial charge in [0.2, 0.25) is 0 Å². The molecule has 0 atom stereocenters. The van der Waals surface area contributed by atoms with E-state index >= 15 is 0 Å². The fraction of sp³-hybridized carbons (Fsp3) is 0. The second-order valence-corrected chi connectivity index (χ2v) is 20.9. The van der Waals surface area contributed by atoms with E-state index in [9.17, 15) is 0 Å². The number of rotatable bonds is 9. The van der Waals surface area contributed by atoms with Crippen molar-refractivity contribution in [1.82, 2.24) is 0 Å². The second-order valence-electron chi connectivity index (χ2n) is 13.4. The molecule has 0 N–H and O–H groups in total. The molecule has 0 amide bonds. The Morgan fingerprint density at radius 1 is 0.169 bits per heavy atom. The van der Waals surface area contributed by atoms with Gasteiger partial charge < -0.3 is 0 Å². The minimum Gasteiger partial charge on any atom is -0.0620 e. The summed E-state index contributed by atoms with van der Waals surface area (Å²) in [4.78, 5) is 0. The quantitative estimate of drug-likeness (QED) is 0.100. The van der Waals surface area contributed by atoms with Crippen LogP contribution >= 0.6 is 33.9 Å². The maximum atomic E-state index is 4.20. The molecule has 0 radical (unpaired) electrons. The summed E-state index contributed by atoms with van der Waals surface area (Å²) < 4.78 is 0. The van der Waals surface area contributed by atoms with Crippen LogP contribution in [-0.2, 0) is 15.1 Å². The maximum absolute atomic E-state index is 4.20. The predicted octanol–water partition coefficient (Wildman–Crippen LogP) is 10.2. The molecule has 0 aromatic heterocycles. The summed E-state index contributed by atoms with van der Waals surface area (Å²) in [5.74, 6) is 0. The van der Waals surface area contributed by atoms with E-state index in [1.165, 1.54) is 47.7 Å². The van der Waals surface area contributed by atoms with Crippen LogP contribution in [0.5, 0.6) is 0 Å². The molecule has 0 saturated heterocycles. The Labute approximate surface area is 367 Å². The third-order valence-electron chi connectivity index (χ3n) is 9.56. The van der Waals surface area contributed by atoms with Gasteiger partial charge in [0.15, 0.2) is 0 Å². The summed E-state index contributed by atoms with van der Waals surface area (Å²) in [5, 5.41) is 12.9. The molecule has 9 aromatic carbocycles. The molecule has 0 nitrogen and oxygen atoms in total. The minimum absolute atomic E-state index is 0.877. The van der Waals surface area contributed by atoms with Crippen LogP contribution in [0.3, 0.4) is 0 Å². The summed E-state index contributed by atoms with van der Waals surface area (Å²) in [6.07, 6.45) is 0. The Morgan fingerprint density at radius 2 is 0.254 bits per heavy atom. The molecular weight excluding hydrogens is 841 g/mol. The average molecular weight is 889 g/mol. The Morgan fingerprint density at radius 3 is 0.339 bits per heavy atom. The van der Waals surface area contributed by atoms with Gasteiger partial charge in [-0.1, -0.05) is 164 Å². The molecule has 59 heavy (non-hydrogen) atoms. The molecule has 9 aromatic rings. The number of hydrogen-bond acceptors (Lipinski definition) is 0. The van der Waals surface area contributed by atoms with Gasteiger partial charge in [-0.3, -0.25) is 0 Å². The van der Waals surface area contributed by atoms with Crippen molar-refractivity contribution in [2.24, 2.45) is 0 Å². The monoisotopic (exact) mass is 887 g/mol. The van der Waals surface area contributed by atoms with E-state index in [4.69, 9.17) is 0 Å². The zero-order chi connectivity index (χ0) is 40.7. The fourth-order valence-electron chi connectivity index (χ4n) is 6.94. The molecule has 0 aliphatic rings. The maximum Gasteiger partial charge on any atom is 0.102 e. The Hall–Kier alpha value is -4.92. The van der Waals surface area contributed by atoms with Gasteiger partial charge in [-0.15, -0.1) is 0 Å². The van der Waals surface area contributed by atoms with Crippen molar-refractivity contribution in [3.05, 3.63) is 273 Å². The first-order valence-electron chi connectivity index (χ1n) is 19.6. The molecule has 5 heteroatoms. The number of hydrogen-bond donors (Lipinski definition) is 0. The van der Waals surface area contributed by atoms with Crippen LogP contribution in [-0.4, -0.2) is 0 Å². The molecule has 0 unspecified atom stereocenters. The van der Waals surface area contributed by atoms with Gasteiger partial charge in [-0.2, -0.15) is 0 Å². The third-order valence-corrected chi connectivity index (χ3v) is 17.8. The molecule has 0 heterocycles. The Bertz CT molecular complexity index is 1870. The first kappa shape index (κ1) is 43.7. The van der Waals surface area contributed by atoms with Crippen LogP contribution in [0.2, 0.25) is 0 Å². The number of benzene rings is 9. The molecule has 9 rings (SSSR count). The van der Waals surface area contributed by atoms with Crippen molar-refractivity contribution in [2.75, 3.05) is 0 Å². The van der Waals surface area contributed by atoms with E-state index in [0.29, 0.717) is 0 Å². The van der Waals surface area contributed by atoms with Crippen LogP contribution in [0.15, 0.2) is 273 Å². The SMILES string of the molecule is [Cl][Cu].c1ccc([PH+](c2ccccc2)c2ccccc2)cc1.c1ccc([PH+](c2ccccc2)c2ccccc2)cc1.c1ccc([PH+](c2ccccc2)c2ccccc2)cc1. The van der Waals surface area contributed by atoms with E-state index in [1.54, 1.807) is 0 Å². The summed E-state index contributed by atoms with van der Waals surface area (Å²) in [6.45, 7) is 0. The van der Waals surface area contributed by atoms with E-state index in [-0.39, 0.29) is 0 Å². The van der Waals surface area contributed by atoms with Crippen molar-refractivity contribution in [2.45, 2.75) is 0 Å². The van der Waals surface area contributed by atoms with Crippen molar-refractivity contribution in [3.8, 4) is 0 Å². The van der Waals surface area contributed by atoms with Gasteiger partial charge in [0, 0.05) is 0 Å². The van der Waals surface area contributed by atoms with E-state index in [2.05, 4.69) is 298 Å². The topological polar surface area (TPSA) is 0 Å². The molecule has 294 valence electrons. The smallest absolute Gasteiger partial charge is 0.0620 e. The third kappa shape index (κ3) is 13.0. The molecular formula is C54H48ClCuP3+3. The van der Waals surface area contributed by atoms with Gasteiger partial charge >= 0.3 is 25.2 Å². The summed E-state index contributed by atoms with van der Waals surface area (Å²) in [5.41, 5.74) is 0. The zero-order valence-electron chi connectivity index (χ0n) is 32.7. The Balaban J connectivity index is 0.000000146. The Kier molecular flexibility index (Phi) is 18.4. The van der Waals surface area contributed by atoms with Crippen LogP contribution in [0, 0.1) is 0 Å². The second kappa shape index (κ2) is 24.9. The van der Waals surface area contributed by atoms with Crippen LogP contribution in [0.25, 0.3) is 0 Å². The molecule has 0 aliphatic carbocycles. The van der Waals surface area contributed by atoms with Gasteiger partial charge in [-0.25, -0.2) is 0 Å². The van der Waals surface area contributed by atoms with E-state index in [1.807, 2.05) is 0 Å². The summed E-state index contributed by atoms with van der Waals surface area (Å²) in [7, 11) is 1.57. The van der Waals surface area contributed by atoms with Crippen molar-refractivity contribution in [3.63, 3.8) is 0 Å². The van der Waals surface area contributed by atoms with Crippen LogP contribution in [0.1, 0.15) is 0 Å². The standard InChI is InChI=1S/3C18H15P.ClH.Cu/c3*1-4-10-16(11-5-1)19(17-12-6-2-7-13-17)18-14-8-3-9-15-18;;/h3*1-15H;1H;/q;;;;+1/p+2. The normalized spacial score (nSPS) is 10.3. The van der Waals surface area contributed by atoms with Gasteiger partial charge in [0.05, 0.1) is 23.8 Å². The van der Waals surface area contributed by atoms with Gasteiger partial charge in [0.1, 0.15) is 47.7 Å². The first-order chi connectivity index (χ1) is 29.3. The minimum atomic E-state index is -0.877. The molecule has 0 aliphatic heterocycles. The van der Waals surface area contributed by atoms with Crippen molar-refractivity contribution in [1.29, 1.82) is 0 Å². The van der Waals surface area contributed by atoms with Crippen molar-refractivity contribution < 1.29 is 15.1 Å². The average Bonchev–Trinajstić information content (AvgIpc) is 3.34. The van der Waals surface area contributed by atoms with Gasteiger partial charge in [-0.05, 0) is 109 Å². The summed E-state index contributed by atoms with van der Waals surface area (Å²) in [6, 6.07) is 97.5. The largest absolute Gasteiger partial charge is 0.102 e.